The number of aliphatic carboxylic acids is 1. The van der Waals surface area contributed by atoms with Gasteiger partial charge in [0.1, 0.15) is 6.54 Å². The zero-order chi connectivity index (χ0) is 14.3. The molecule has 0 aromatic carbocycles. The summed E-state index contributed by atoms with van der Waals surface area (Å²) in [5.41, 5.74) is 0. The summed E-state index contributed by atoms with van der Waals surface area (Å²) >= 11 is 0. The van der Waals surface area contributed by atoms with Gasteiger partial charge in [0.15, 0.2) is 0 Å². The van der Waals surface area contributed by atoms with Crippen LogP contribution in [0.15, 0.2) is 0 Å². The summed E-state index contributed by atoms with van der Waals surface area (Å²) in [6.45, 7) is 0.210. The zero-order valence-corrected chi connectivity index (χ0v) is 10.7. The van der Waals surface area contributed by atoms with E-state index < -0.39 is 5.97 Å². The molecule has 0 aromatic rings. The summed E-state index contributed by atoms with van der Waals surface area (Å²) in [5, 5.41) is 11.0. The van der Waals surface area contributed by atoms with Crippen molar-refractivity contribution in [2.24, 2.45) is 0 Å². The second kappa shape index (κ2) is 7.50. The van der Waals surface area contributed by atoms with E-state index >= 15 is 0 Å². The molecule has 0 radical (unpaired) electrons. The molecule has 7 heteroatoms. The topological polar surface area (TPSA) is 104 Å². The predicted octanol–water partition coefficient (Wildman–Crippen LogP) is -0.103. The lowest BCUT2D eigenvalue weighted by Crippen LogP contribution is -2.40. The van der Waals surface area contributed by atoms with Gasteiger partial charge in [-0.05, 0) is 12.8 Å². The molecule has 19 heavy (non-hydrogen) atoms. The molecule has 0 aliphatic carbocycles. The Hall–Kier alpha value is -1.92. The lowest BCUT2D eigenvalue weighted by molar-refractivity contribution is -0.142. The first-order valence-corrected chi connectivity index (χ1v) is 6.32. The third-order valence-electron chi connectivity index (χ3n) is 2.85. The zero-order valence-electron chi connectivity index (χ0n) is 10.7. The van der Waals surface area contributed by atoms with Crippen molar-refractivity contribution in [3.05, 3.63) is 0 Å². The quantitative estimate of drug-likeness (QED) is 0.473. The molecule has 2 N–H and O–H groups in total. The number of carboxylic acids is 1. The number of carbonyl (C=O) groups excluding carboxylic acids is 3. The van der Waals surface area contributed by atoms with Gasteiger partial charge in [-0.3, -0.25) is 24.1 Å². The number of imide groups is 1. The van der Waals surface area contributed by atoms with Gasteiger partial charge in [-0.15, -0.1) is 0 Å². The molecule has 0 saturated carbocycles. The fourth-order valence-electron chi connectivity index (χ4n) is 1.80. The van der Waals surface area contributed by atoms with Gasteiger partial charge < -0.3 is 10.4 Å². The van der Waals surface area contributed by atoms with Crippen molar-refractivity contribution < 1.29 is 24.3 Å². The van der Waals surface area contributed by atoms with E-state index in [0.717, 1.165) is 4.90 Å². The van der Waals surface area contributed by atoms with Gasteiger partial charge in [-0.1, -0.05) is 6.42 Å². The van der Waals surface area contributed by atoms with Crippen LogP contribution < -0.4 is 5.32 Å². The van der Waals surface area contributed by atoms with Crippen LogP contribution in [0.25, 0.3) is 0 Å². The molecule has 0 spiro atoms. The normalized spacial score (nSPS) is 14.8. The number of amides is 3. The van der Waals surface area contributed by atoms with Crippen molar-refractivity contribution in [3.8, 4) is 0 Å². The molecule has 7 nitrogen and oxygen atoms in total. The minimum Gasteiger partial charge on any atom is -0.481 e. The van der Waals surface area contributed by atoms with Crippen LogP contribution in [-0.4, -0.2) is 46.8 Å². The van der Waals surface area contributed by atoms with E-state index in [4.69, 9.17) is 5.11 Å². The van der Waals surface area contributed by atoms with E-state index in [2.05, 4.69) is 5.32 Å². The van der Waals surface area contributed by atoms with Gasteiger partial charge in [-0.25, -0.2) is 0 Å². The summed E-state index contributed by atoms with van der Waals surface area (Å²) in [4.78, 5) is 45.2. The molecule has 3 amide bonds. The maximum atomic E-state index is 11.5. The maximum Gasteiger partial charge on any atom is 0.303 e. The number of hydrogen-bond donors (Lipinski definition) is 2. The molecule has 0 atom stereocenters. The summed E-state index contributed by atoms with van der Waals surface area (Å²) in [5.74, 6) is -1.79. The molecule has 1 heterocycles. The van der Waals surface area contributed by atoms with Gasteiger partial charge >= 0.3 is 5.97 Å². The average molecular weight is 270 g/mol. The molecule has 1 saturated heterocycles. The van der Waals surface area contributed by atoms with Gasteiger partial charge in [0.2, 0.25) is 17.7 Å². The molecule has 1 aliphatic rings. The number of hydrogen-bond acceptors (Lipinski definition) is 4. The van der Waals surface area contributed by atoms with Gasteiger partial charge in [-0.2, -0.15) is 0 Å². The Morgan fingerprint density at radius 1 is 1.11 bits per heavy atom. The Balaban J connectivity index is 2.10. The number of unbranched alkanes of at least 4 members (excludes halogenated alkanes) is 2. The lowest BCUT2D eigenvalue weighted by Gasteiger charge is -2.13. The number of rotatable bonds is 8. The highest BCUT2D eigenvalue weighted by Gasteiger charge is 2.30. The van der Waals surface area contributed by atoms with Crippen LogP contribution in [0.4, 0.5) is 0 Å². The Kier molecular flexibility index (Phi) is 5.98. The van der Waals surface area contributed by atoms with Crippen molar-refractivity contribution in [1.82, 2.24) is 10.2 Å². The van der Waals surface area contributed by atoms with Crippen LogP contribution >= 0.6 is 0 Å². The number of carboxylic acid groups (broad SMARTS) is 1. The van der Waals surface area contributed by atoms with Gasteiger partial charge in [0, 0.05) is 25.8 Å². The minimum absolute atomic E-state index is 0.130. The van der Waals surface area contributed by atoms with Crippen molar-refractivity contribution in [1.29, 1.82) is 0 Å². The second-order valence-electron chi connectivity index (χ2n) is 4.43. The van der Waals surface area contributed by atoms with Crippen LogP contribution in [0.5, 0.6) is 0 Å². The summed E-state index contributed by atoms with van der Waals surface area (Å²) < 4.78 is 0. The van der Waals surface area contributed by atoms with Crippen molar-refractivity contribution in [2.45, 2.75) is 38.5 Å². The molecular weight excluding hydrogens is 252 g/mol. The van der Waals surface area contributed by atoms with E-state index in [1.807, 2.05) is 0 Å². The molecule has 1 rings (SSSR count). The third kappa shape index (κ3) is 5.50. The number of likely N-dealkylation sites (tertiary alicyclic amines) is 1. The number of nitrogens with zero attached hydrogens (tertiary/aromatic N) is 1. The Labute approximate surface area is 110 Å². The summed E-state index contributed by atoms with van der Waals surface area (Å²) in [6, 6.07) is 0. The van der Waals surface area contributed by atoms with E-state index in [-0.39, 0.29) is 43.5 Å². The van der Waals surface area contributed by atoms with Crippen LogP contribution in [0, 0.1) is 0 Å². The van der Waals surface area contributed by atoms with Crippen molar-refractivity contribution >= 4 is 23.7 Å². The first-order valence-electron chi connectivity index (χ1n) is 6.32. The first kappa shape index (κ1) is 15.1. The smallest absolute Gasteiger partial charge is 0.303 e. The molecular formula is C12H18N2O5. The highest BCUT2D eigenvalue weighted by atomic mass is 16.4. The van der Waals surface area contributed by atoms with Crippen LogP contribution in [0.3, 0.4) is 0 Å². The molecule has 0 unspecified atom stereocenters. The minimum atomic E-state index is -0.824. The highest BCUT2D eigenvalue weighted by molar-refractivity contribution is 6.04. The first-order chi connectivity index (χ1) is 9.00. The fourth-order valence-corrected chi connectivity index (χ4v) is 1.80. The van der Waals surface area contributed by atoms with Crippen LogP contribution in [0.1, 0.15) is 38.5 Å². The number of nitrogens with one attached hydrogen (secondary N) is 1. The highest BCUT2D eigenvalue weighted by Crippen LogP contribution is 2.10. The van der Waals surface area contributed by atoms with E-state index in [1.165, 1.54) is 0 Å². The summed E-state index contributed by atoms with van der Waals surface area (Å²) in [7, 11) is 0. The predicted molar refractivity (Wildman–Crippen MR) is 65.1 cm³/mol. The molecule has 1 fully saturated rings. The monoisotopic (exact) mass is 270 g/mol. The lowest BCUT2D eigenvalue weighted by atomic mass is 10.2. The van der Waals surface area contributed by atoms with Gasteiger partial charge in [0.25, 0.3) is 0 Å². The standard InChI is InChI=1S/C12H18N2O5/c15-9(8-14-10(16)5-6-11(14)17)13-7-3-1-2-4-12(18)19/h1-8H2,(H,13,15)(H,18,19). The number of carbonyl (C=O) groups is 4. The van der Waals surface area contributed by atoms with Crippen molar-refractivity contribution in [2.75, 3.05) is 13.1 Å². The van der Waals surface area contributed by atoms with E-state index in [1.54, 1.807) is 0 Å². The van der Waals surface area contributed by atoms with Crippen LogP contribution in [-0.2, 0) is 19.2 Å². The van der Waals surface area contributed by atoms with Crippen molar-refractivity contribution in [3.63, 3.8) is 0 Å². The Bertz CT molecular complexity index is 364. The maximum absolute atomic E-state index is 11.5. The third-order valence-corrected chi connectivity index (χ3v) is 2.85. The summed E-state index contributed by atoms with van der Waals surface area (Å²) in [6.07, 6.45) is 2.47. The molecule has 106 valence electrons. The SMILES string of the molecule is O=C(O)CCCCCNC(=O)CN1C(=O)CCC1=O. The fraction of sp³-hybridized carbons (Fsp3) is 0.667. The van der Waals surface area contributed by atoms with E-state index in [9.17, 15) is 19.2 Å². The van der Waals surface area contributed by atoms with Crippen LogP contribution in [0.2, 0.25) is 0 Å². The molecule has 0 aromatic heterocycles. The molecule has 0 bridgehead atoms. The average Bonchev–Trinajstić information content (AvgIpc) is 2.65. The van der Waals surface area contributed by atoms with E-state index in [0.29, 0.717) is 25.8 Å². The Morgan fingerprint density at radius 3 is 2.32 bits per heavy atom. The second-order valence-corrected chi connectivity index (χ2v) is 4.43. The van der Waals surface area contributed by atoms with Gasteiger partial charge in [0.05, 0.1) is 0 Å². The Morgan fingerprint density at radius 2 is 1.74 bits per heavy atom. The largest absolute Gasteiger partial charge is 0.481 e. The molecule has 1 aliphatic heterocycles.